The van der Waals surface area contributed by atoms with Crippen LogP contribution in [0.4, 0.5) is 24.9 Å². The summed E-state index contributed by atoms with van der Waals surface area (Å²) in [6, 6.07) is 10.8. The van der Waals surface area contributed by atoms with E-state index in [-0.39, 0.29) is 30.1 Å². The van der Waals surface area contributed by atoms with E-state index in [1.807, 2.05) is 22.8 Å². The molecule has 1 aliphatic carbocycles. The van der Waals surface area contributed by atoms with Gasteiger partial charge in [-0.2, -0.15) is 18.2 Å². The van der Waals surface area contributed by atoms with E-state index in [1.54, 1.807) is 6.20 Å². The normalized spacial score (nSPS) is 18.6. The first-order chi connectivity index (χ1) is 20.2. The Bertz CT molecular complexity index is 1570. The van der Waals surface area contributed by atoms with Crippen LogP contribution in [0.15, 0.2) is 48.7 Å². The van der Waals surface area contributed by atoms with Gasteiger partial charge in [-0.3, -0.25) is 4.98 Å². The molecule has 2 N–H and O–H groups in total. The molecule has 0 bridgehead atoms. The van der Waals surface area contributed by atoms with Gasteiger partial charge in [0.1, 0.15) is 5.52 Å². The highest BCUT2D eigenvalue weighted by Gasteiger charge is 2.33. The number of carbonyl (C=O) groups is 1. The van der Waals surface area contributed by atoms with Gasteiger partial charge in [0, 0.05) is 18.8 Å². The number of hydrogen-bond acceptors (Lipinski definition) is 7. The molecule has 12 heteroatoms. The van der Waals surface area contributed by atoms with Crippen LogP contribution in [0.3, 0.4) is 0 Å². The molecule has 1 saturated carbocycles. The van der Waals surface area contributed by atoms with E-state index in [0.717, 1.165) is 56.4 Å². The summed E-state index contributed by atoms with van der Waals surface area (Å²) in [6.45, 7) is 2.92. The highest BCUT2D eigenvalue weighted by molar-refractivity contribution is 5.91. The van der Waals surface area contributed by atoms with Crippen LogP contribution in [0.5, 0.6) is 0 Å². The molecule has 1 aromatic carbocycles. The molecule has 3 aromatic heterocycles. The van der Waals surface area contributed by atoms with Crippen LogP contribution in [0.25, 0.3) is 11.2 Å². The third kappa shape index (κ3) is 5.49. The number of aromatic nitrogens is 5. The number of hydrogen-bond donors (Lipinski definition) is 2. The van der Waals surface area contributed by atoms with Crippen LogP contribution in [-0.2, 0) is 12.7 Å². The highest BCUT2D eigenvalue weighted by Crippen LogP contribution is 2.38. The molecule has 0 spiro atoms. The maximum Gasteiger partial charge on any atom is 0.416 e. The number of rotatable bonds is 8. The molecule has 4 heterocycles. The number of benzene rings is 1. The van der Waals surface area contributed by atoms with E-state index >= 15 is 0 Å². The quantitative estimate of drug-likeness (QED) is 0.250. The number of carboxylic acid groups (broad SMARTS) is 1. The van der Waals surface area contributed by atoms with Crippen molar-refractivity contribution in [3.05, 3.63) is 71.3 Å². The summed E-state index contributed by atoms with van der Waals surface area (Å²) in [5, 5.41) is 13.3. The first kappa shape index (κ1) is 27.9. The number of halogens is 3. The van der Waals surface area contributed by atoms with Crippen molar-refractivity contribution >= 4 is 28.9 Å². The number of piperidine rings is 1. The summed E-state index contributed by atoms with van der Waals surface area (Å²) in [6.07, 6.45) is 3.38. The standard InChI is InChI=1S/C30H32F3N7O2/c1-18(20-7-6-8-20)35-25-24-26(37-27(36-25)28(41)42)38-29(39-16-5-3-10-23(39)22-9-2-4-15-34-22)40(24)17-19-11-13-21(14-12-19)30(31,32)33/h2,4,9,11-15,18,20,23H,3,5-8,10,16-17H2,1H3,(H,41,42)(H,35,36,37). The lowest BCUT2D eigenvalue weighted by molar-refractivity contribution is -0.137. The van der Waals surface area contributed by atoms with Crippen LogP contribution in [0.1, 0.15) is 78.9 Å². The van der Waals surface area contributed by atoms with Gasteiger partial charge in [-0.1, -0.05) is 24.6 Å². The lowest BCUT2D eigenvalue weighted by Gasteiger charge is -2.36. The zero-order chi connectivity index (χ0) is 29.4. The van der Waals surface area contributed by atoms with E-state index in [0.29, 0.717) is 35.3 Å². The Balaban J connectivity index is 1.51. The van der Waals surface area contributed by atoms with Gasteiger partial charge in [0.2, 0.25) is 11.8 Å². The molecule has 2 atom stereocenters. The lowest BCUT2D eigenvalue weighted by Crippen LogP contribution is -2.36. The molecule has 220 valence electrons. The number of anilines is 2. The largest absolute Gasteiger partial charge is 0.475 e. The van der Waals surface area contributed by atoms with Gasteiger partial charge >= 0.3 is 12.1 Å². The second kappa shape index (κ2) is 11.2. The smallest absolute Gasteiger partial charge is 0.416 e. The Hall–Kier alpha value is -4.22. The van der Waals surface area contributed by atoms with Crippen molar-refractivity contribution in [2.45, 2.75) is 70.3 Å². The van der Waals surface area contributed by atoms with Crippen molar-refractivity contribution < 1.29 is 23.1 Å². The molecule has 0 radical (unpaired) electrons. The summed E-state index contributed by atoms with van der Waals surface area (Å²) < 4.78 is 41.8. The van der Waals surface area contributed by atoms with Crippen LogP contribution in [-0.4, -0.2) is 48.2 Å². The van der Waals surface area contributed by atoms with Crippen molar-refractivity contribution in [1.29, 1.82) is 0 Å². The average molecular weight is 580 g/mol. The second-order valence-corrected chi connectivity index (χ2v) is 11.1. The van der Waals surface area contributed by atoms with Gasteiger partial charge in [-0.25, -0.2) is 14.8 Å². The lowest BCUT2D eigenvalue weighted by atomic mass is 9.80. The maximum atomic E-state index is 13.3. The monoisotopic (exact) mass is 579 g/mol. The Morgan fingerprint density at radius 1 is 1.05 bits per heavy atom. The van der Waals surface area contributed by atoms with E-state index in [9.17, 15) is 23.1 Å². The molecule has 2 aliphatic rings. The zero-order valence-corrected chi connectivity index (χ0v) is 23.2. The number of imidazole rings is 1. The number of alkyl halides is 3. The van der Waals surface area contributed by atoms with Crippen molar-refractivity contribution in [3.8, 4) is 0 Å². The molecular formula is C30H32F3N7O2. The number of nitrogens with zero attached hydrogens (tertiary/aromatic N) is 6. The fourth-order valence-corrected chi connectivity index (χ4v) is 5.90. The number of carboxylic acids is 1. The Morgan fingerprint density at radius 2 is 1.83 bits per heavy atom. The minimum absolute atomic E-state index is 0.0348. The maximum absolute atomic E-state index is 13.3. The summed E-state index contributed by atoms with van der Waals surface area (Å²) >= 11 is 0. The topological polar surface area (TPSA) is 109 Å². The van der Waals surface area contributed by atoms with E-state index in [2.05, 4.69) is 32.1 Å². The number of fused-ring (bicyclic) bond motifs is 1. The molecule has 2 unspecified atom stereocenters. The van der Waals surface area contributed by atoms with Crippen molar-refractivity contribution in [3.63, 3.8) is 0 Å². The number of pyridine rings is 1. The second-order valence-electron chi connectivity index (χ2n) is 11.1. The molecule has 2 fully saturated rings. The predicted molar refractivity (Wildman–Crippen MR) is 151 cm³/mol. The van der Waals surface area contributed by atoms with Gasteiger partial charge in [0.15, 0.2) is 11.5 Å². The fourth-order valence-electron chi connectivity index (χ4n) is 5.90. The van der Waals surface area contributed by atoms with Crippen molar-refractivity contribution in [2.24, 2.45) is 5.92 Å². The first-order valence-electron chi connectivity index (χ1n) is 14.3. The highest BCUT2D eigenvalue weighted by atomic mass is 19.4. The fraction of sp³-hybridized carbons (Fsp3) is 0.433. The average Bonchev–Trinajstić information content (AvgIpc) is 3.30. The Kier molecular flexibility index (Phi) is 7.46. The molecular weight excluding hydrogens is 547 g/mol. The van der Waals surface area contributed by atoms with Crippen LogP contribution in [0, 0.1) is 5.92 Å². The Morgan fingerprint density at radius 3 is 2.48 bits per heavy atom. The minimum atomic E-state index is -4.44. The van der Waals surface area contributed by atoms with E-state index in [1.165, 1.54) is 12.1 Å². The van der Waals surface area contributed by atoms with E-state index < -0.39 is 17.7 Å². The summed E-state index contributed by atoms with van der Waals surface area (Å²) in [7, 11) is 0. The molecule has 4 aromatic rings. The van der Waals surface area contributed by atoms with Gasteiger partial charge in [0.25, 0.3) is 0 Å². The van der Waals surface area contributed by atoms with Gasteiger partial charge in [-0.05, 0) is 74.8 Å². The predicted octanol–water partition coefficient (Wildman–Crippen LogP) is 6.32. The number of aromatic carboxylic acids is 1. The number of nitrogens with one attached hydrogen (secondary N) is 1. The zero-order valence-electron chi connectivity index (χ0n) is 23.2. The molecule has 9 nitrogen and oxygen atoms in total. The van der Waals surface area contributed by atoms with Gasteiger partial charge in [-0.15, -0.1) is 0 Å². The van der Waals surface area contributed by atoms with Gasteiger partial charge in [0.05, 0.1) is 23.8 Å². The summed E-state index contributed by atoms with van der Waals surface area (Å²) in [4.78, 5) is 32.4. The molecule has 0 amide bonds. The SMILES string of the molecule is CC(Nc1nc(C(=O)O)nc2nc(N3CCCCC3c3ccccn3)n(Cc3ccc(C(F)(F)F)cc3)c12)C1CCC1. The van der Waals surface area contributed by atoms with Crippen molar-refractivity contribution in [1.82, 2.24) is 24.5 Å². The van der Waals surface area contributed by atoms with Crippen LogP contribution >= 0.6 is 0 Å². The first-order valence-corrected chi connectivity index (χ1v) is 14.3. The Labute approximate surface area is 240 Å². The molecule has 1 aliphatic heterocycles. The minimum Gasteiger partial charge on any atom is -0.475 e. The molecule has 42 heavy (non-hydrogen) atoms. The third-order valence-electron chi connectivity index (χ3n) is 8.41. The summed E-state index contributed by atoms with van der Waals surface area (Å²) in [5.41, 5.74) is 1.54. The van der Waals surface area contributed by atoms with Crippen molar-refractivity contribution in [2.75, 3.05) is 16.8 Å². The van der Waals surface area contributed by atoms with Crippen LogP contribution in [0.2, 0.25) is 0 Å². The summed E-state index contributed by atoms with van der Waals surface area (Å²) in [5.74, 6) is -0.286. The third-order valence-corrected chi connectivity index (χ3v) is 8.41. The molecule has 6 rings (SSSR count). The van der Waals surface area contributed by atoms with Crippen LogP contribution < -0.4 is 10.2 Å². The molecule has 1 saturated heterocycles. The van der Waals surface area contributed by atoms with Gasteiger partial charge < -0.3 is 19.9 Å². The van der Waals surface area contributed by atoms with E-state index in [4.69, 9.17) is 4.98 Å².